The van der Waals surface area contributed by atoms with Crippen molar-refractivity contribution in [3.8, 4) is 0 Å². The summed E-state index contributed by atoms with van der Waals surface area (Å²) >= 11 is 0. The van der Waals surface area contributed by atoms with Crippen LogP contribution in [0.2, 0.25) is 0 Å². The minimum atomic E-state index is 0.451. The molecule has 18 atom stereocenters. The van der Waals surface area contributed by atoms with Gasteiger partial charge < -0.3 is 33.2 Å². The highest BCUT2D eigenvalue weighted by Crippen LogP contribution is 2.73. The maximum absolute atomic E-state index is 6.28. The number of hydrogen-bond acceptors (Lipinski definition) is 7. The first-order valence-corrected chi connectivity index (χ1v) is 42.0. The van der Waals surface area contributed by atoms with Gasteiger partial charge in [0.15, 0.2) is 0 Å². The van der Waals surface area contributed by atoms with Crippen molar-refractivity contribution in [2.24, 2.45) is 127 Å². The van der Waals surface area contributed by atoms with Crippen LogP contribution < -0.4 is 0 Å². The molecule has 10 bridgehead atoms. The van der Waals surface area contributed by atoms with Gasteiger partial charge in [0, 0.05) is 46.2 Å². The van der Waals surface area contributed by atoms with E-state index >= 15 is 0 Å². The quantitative estimate of drug-likeness (QED) is 0.143. The van der Waals surface area contributed by atoms with Crippen LogP contribution in [-0.2, 0) is 33.2 Å². The van der Waals surface area contributed by atoms with Crippen LogP contribution >= 0.6 is 0 Å². The highest BCUT2D eigenvalue weighted by Gasteiger charge is 2.69. The van der Waals surface area contributed by atoms with Gasteiger partial charge in [-0.1, -0.05) is 119 Å². The van der Waals surface area contributed by atoms with E-state index in [1.165, 1.54) is 218 Å². The van der Waals surface area contributed by atoms with Crippen molar-refractivity contribution in [3.63, 3.8) is 0 Å². The molecule has 18 fully saturated rings. The molecule has 0 aromatic heterocycles. The summed E-state index contributed by atoms with van der Waals surface area (Å²) in [5.74, 6) is 14.8. The van der Waals surface area contributed by atoms with Gasteiger partial charge >= 0.3 is 0 Å². The fraction of sp³-hybridized carbons (Fsp3) is 1.00. The molecule has 0 N–H and O–H groups in total. The second-order valence-electron chi connectivity index (χ2n) is 37.8. The van der Waals surface area contributed by atoms with Gasteiger partial charge in [-0.25, -0.2) is 0 Å². The molecule has 0 aliphatic heterocycles. The maximum Gasteiger partial charge on any atom is 0.0687 e. The Morgan fingerprint density at radius 1 is 0.312 bits per heavy atom. The predicted molar refractivity (Wildman–Crippen MR) is 385 cm³/mol. The summed E-state index contributed by atoms with van der Waals surface area (Å²) in [6.45, 7) is 40.3. The van der Waals surface area contributed by atoms with E-state index in [1.54, 1.807) is 12.8 Å². The zero-order valence-corrected chi connectivity index (χ0v) is 63.7. The van der Waals surface area contributed by atoms with Gasteiger partial charge in [0.25, 0.3) is 0 Å². The first kappa shape index (κ1) is 73.9. The third-order valence-corrected chi connectivity index (χ3v) is 32.0. The first-order chi connectivity index (χ1) is 44.8. The number of hydrogen-bond donors (Lipinski definition) is 0. The van der Waals surface area contributed by atoms with E-state index in [1.807, 2.05) is 0 Å². The fourth-order valence-corrected chi connectivity index (χ4v) is 28.1. The summed E-state index contributed by atoms with van der Waals surface area (Å²) < 4.78 is 41.0. The molecule has 2 spiro atoms. The van der Waals surface area contributed by atoms with Crippen LogP contribution in [0.25, 0.3) is 0 Å². The Balaban J connectivity index is 0.000000112. The smallest absolute Gasteiger partial charge is 0.0687 e. The van der Waals surface area contributed by atoms with Crippen LogP contribution in [0.5, 0.6) is 0 Å². The Morgan fingerprint density at radius 3 is 1.30 bits per heavy atom. The van der Waals surface area contributed by atoms with E-state index < -0.39 is 0 Å². The third-order valence-electron chi connectivity index (χ3n) is 32.0. The maximum atomic E-state index is 6.28. The summed E-state index contributed by atoms with van der Waals surface area (Å²) in [5, 5.41) is 0. The minimum Gasteiger partial charge on any atom is -0.381 e. The van der Waals surface area contributed by atoms with Gasteiger partial charge in [0.05, 0.1) is 43.7 Å². The lowest BCUT2D eigenvalue weighted by Crippen LogP contribution is -2.47. The average Bonchev–Trinajstić information content (AvgIpc) is 1.53. The Bertz CT molecular complexity index is 2190. The predicted octanol–water partition coefficient (Wildman–Crippen LogP) is 22.6. The molecule has 18 aliphatic carbocycles. The Labute approximate surface area is 574 Å². The number of fused-ring (bicyclic) bond motifs is 16. The van der Waals surface area contributed by atoms with Crippen LogP contribution in [0.15, 0.2) is 0 Å². The molecule has 7 nitrogen and oxygen atoms in total. The van der Waals surface area contributed by atoms with Crippen molar-refractivity contribution in [3.05, 3.63) is 0 Å². The van der Waals surface area contributed by atoms with Gasteiger partial charge in [-0.15, -0.1) is 0 Å². The molecule has 18 rings (SSSR count). The monoisotopic (exact) mass is 1300 g/mol. The van der Waals surface area contributed by atoms with Crippen molar-refractivity contribution in [2.45, 2.75) is 359 Å². The van der Waals surface area contributed by atoms with E-state index in [0.717, 1.165) is 148 Å². The third kappa shape index (κ3) is 15.3. The SMILES string of the molecule is CCOC1C2(CCCC2)CCC12CCCC2.CCOC1C2CC(C3C4CCC(C4)C23)C1(C)C.CCOC1C2CCC1(C)CC2(C)C.CCOC1C2CCC1C2.CCOC1C2CCC1CC2.CCOCC1(C)CCC2CCCC21.CCOCC1(C)CCCC2CCCCC21. The second kappa shape index (κ2) is 31.9. The van der Waals surface area contributed by atoms with Crippen LogP contribution in [-0.4, -0.2) is 90.0 Å². The molecule has 18 unspecified atom stereocenters. The highest BCUT2D eigenvalue weighted by atomic mass is 16.5. The van der Waals surface area contributed by atoms with Crippen LogP contribution in [0.4, 0.5) is 0 Å². The van der Waals surface area contributed by atoms with Crippen LogP contribution in [0.3, 0.4) is 0 Å². The molecule has 538 valence electrons. The Hall–Kier alpha value is -0.280. The van der Waals surface area contributed by atoms with Gasteiger partial charge in [-0.3, -0.25) is 0 Å². The average molecular weight is 1300 g/mol. The van der Waals surface area contributed by atoms with Crippen LogP contribution in [0.1, 0.15) is 328 Å². The molecule has 93 heavy (non-hydrogen) atoms. The highest BCUT2D eigenvalue weighted by molar-refractivity contribution is 5.17. The van der Waals surface area contributed by atoms with Crippen LogP contribution in [0, 0.1) is 127 Å². The Kier molecular flexibility index (Phi) is 25.4. The summed E-state index contributed by atoms with van der Waals surface area (Å²) in [6, 6.07) is 0. The van der Waals surface area contributed by atoms with Gasteiger partial charge in [0.2, 0.25) is 0 Å². The van der Waals surface area contributed by atoms with E-state index in [-0.39, 0.29) is 0 Å². The van der Waals surface area contributed by atoms with E-state index in [4.69, 9.17) is 33.2 Å². The summed E-state index contributed by atoms with van der Waals surface area (Å²) in [7, 11) is 0. The zero-order chi connectivity index (χ0) is 65.8. The van der Waals surface area contributed by atoms with Crippen molar-refractivity contribution in [1.82, 2.24) is 0 Å². The molecule has 0 saturated heterocycles. The Morgan fingerprint density at radius 2 is 0.774 bits per heavy atom. The lowest BCUT2D eigenvalue weighted by Gasteiger charge is -2.48. The normalized spacial score (nSPS) is 44.8. The molecular weight excluding hydrogens is 1140 g/mol. The molecule has 18 saturated carbocycles. The lowest BCUT2D eigenvalue weighted by atomic mass is 9.58. The largest absolute Gasteiger partial charge is 0.381 e. The molecule has 0 amide bonds. The summed E-state index contributed by atoms with van der Waals surface area (Å²) in [4.78, 5) is 0. The number of rotatable bonds is 16. The van der Waals surface area contributed by atoms with E-state index in [0.29, 0.717) is 68.4 Å². The van der Waals surface area contributed by atoms with Crippen molar-refractivity contribution in [1.29, 1.82) is 0 Å². The standard InChI is InChI=1S/C16H26O.C15H26O.C14H26O.2C12H22O.C9H16O.C8H14O/c1-4-17-15-11-8-12(16(15,2)3)14-10-6-5-9(7-10)13(11)14;1-2-16-13-14(7-3-4-8-14)11-12-15(13)9-5-6-10-15;1-3-15-11-14(2)10-6-8-12-7-4-5-9-13(12)14;1-5-13-10-9-6-7-12(10,4)8-11(9,2)3;1-3-13-9-12(2)8-7-10-5-4-6-11(10)12;1-2-10-9-7-3-4-8(9)6-5-7;1-2-9-8-6-3-4-7(8)5-6/h9-15H,4-8H2,1-3H3;13H,2-12H2,1H3;12-13H,3-11H2,1-2H3;9-10H,5-8H2,1-4H3;10-11H,3-9H2,1-2H3;7-9H,2-6H2,1H3;6-8H,2-5H2,1H3. The zero-order valence-electron chi connectivity index (χ0n) is 63.7. The van der Waals surface area contributed by atoms with E-state index in [9.17, 15) is 0 Å². The molecule has 0 aromatic carbocycles. The molecule has 0 radical (unpaired) electrons. The molecule has 0 heterocycles. The first-order valence-electron chi connectivity index (χ1n) is 42.0. The minimum absolute atomic E-state index is 0.451. The van der Waals surface area contributed by atoms with Crippen molar-refractivity contribution < 1.29 is 33.2 Å². The van der Waals surface area contributed by atoms with E-state index in [2.05, 4.69) is 96.9 Å². The van der Waals surface area contributed by atoms with Crippen molar-refractivity contribution >= 4 is 0 Å². The molecule has 18 aliphatic rings. The topological polar surface area (TPSA) is 64.6 Å². The van der Waals surface area contributed by atoms with Gasteiger partial charge in [-0.2, -0.15) is 0 Å². The second-order valence-corrected chi connectivity index (χ2v) is 37.8. The summed E-state index contributed by atoms with van der Waals surface area (Å²) in [5.41, 5.74) is 3.71. The lowest BCUT2D eigenvalue weighted by molar-refractivity contribution is -0.0980. The molecule has 7 heteroatoms. The van der Waals surface area contributed by atoms with Crippen molar-refractivity contribution in [2.75, 3.05) is 59.5 Å². The van der Waals surface area contributed by atoms with Gasteiger partial charge in [-0.05, 0) is 336 Å². The van der Waals surface area contributed by atoms with Gasteiger partial charge in [0.1, 0.15) is 0 Å². The molecule has 0 aromatic rings. The number of ether oxygens (including phenoxy) is 7. The summed E-state index contributed by atoms with van der Waals surface area (Å²) in [6.07, 6.45) is 55.6. The fourth-order valence-electron chi connectivity index (χ4n) is 28.1. The molecular formula is C86H152O7.